The van der Waals surface area contributed by atoms with E-state index in [-0.39, 0.29) is 35.8 Å². The van der Waals surface area contributed by atoms with Gasteiger partial charge in [0.1, 0.15) is 0 Å². The molecule has 0 amide bonds. The van der Waals surface area contributed by atoms with Crippen LogP contribution in [-0.4, -0.2) is 13.1 Å². The zero-order chi connectivity index (χ0) is 19.9. The van der Waals surface area contributed by atoms with Crippen LogP contribution < -0.4 is 5.19 Å². The maximum Gasteiger partial charge on any atom is 0.0804 e. The molecule has 0 radical (unpaired) electrons. The Morgan fingerprint density at radius 2 is 1.59 bits per heavy atom. The van der Waals surface area contributed by atoms with Crippen molar-refractivity contribution in [3.8, 4) is 22.4 Å². The lowest BCUT2D eigenvalue weighted by Gasteiger charge is -2.21. The molecule has 1 aromatic heterocycles. The Balaban J connectivity index is 2.38. The summed E-state index contributed by atoms with van der Waals surface area (Å²) < 4.78 is 40.6. The summed E-state index contributed by atoms with van der Waals surface area (Å²) in [4.78, 5) is 4.60. The first-order chi connectivity index (χ1) is 12.6. The van der Waals surface area contributed by atoms with Gasteiger partial charge in [-0.1, -0.05) is 80.2 Å². The fraction of sp³-hybridized carbons (Fsp3) is 0.150. The Morgan fingerprint density at radius 1 is 0.909 bits per heavy atom. The van der Waals surface area contributed by atoms with Crippen LogP contribution in [0, 0.1) is 0 Å². The second-order valence-corrected chi connectivity index (χ2v) is 11.3. The Labute approximate surface area is 140 Å². The van der Waals surface area contributed by atoms with Crippen LogP contribution in [0.5, 0.6) is 0 Å². The van der Waals surface area contributed by atoms with Gasteiger partial charge in [0.25, 0.3) is 0 Å². The number of nitrogens with zero attached hydrogens (tertiary/aromatic N) is 1. The van der Waals surface area contributed by atoms with Crippen LogP contribution in [0.3, 0.4) is 0 Å². The zero-order valence-corrected chi connectivity index (χ0v) is 14.0. The Bertz CT molecular complexity index is 984. The summed E-state index contributed by atoms with van der Waals surface area (Å²) in [6.45, 7) is 6.47. The van der Waals surface area contributed by atoms with Gasteiger partial charge in [0.15, 0.2) is 0 Å². The Morgan fingerprint density at radius 3 is 2.23 bits per heavy atom. The van der Waals surface area contributed by atoms with Crippen molar-refractivity contribution in [2.45, 2.75) is 19.6 Å². The molecule has 0 saturated carbocycles. The highest BCUT2D eigenvalue weighted by Gasteiger charge is 2.22. The van der Waals surface area contributed by atoms with E-state index in [1.54, 1.807) is 0 Å². The van der Waals surface area contributed by atoms with Crippen molar-refractivity contribution < 1.29 is 6.85 Å². The molecule has 0 saturated heterocycles. The molecule has 3 rings (SSSR count). The largest absolute Gasteiger partial charge is 0.256 e. The molecule has 0 spiro atoms. The summed E-state index contributed by atoms with van der Waals surface area (Å²) in [6, 6.07) is 10.2. The number of rotatable bonds is 3. The predicted molar refractivity (Wildman–Crippen MR) is 98.1 cm³/mol. The first kappa shape index (κ1) is 9.75. The highest BCUT2D eigenvalue weighted by atomic mass is 28.3. The van der Waals surface area contributed by atoms with Crippen LogP contribution >= 0.6 is 0 Å². The van der Waals surface area contributed by atoms with Gasteiger partial charge in [-0.3, -0.25) is 4.98 Å². The van der Waals surface area contributed by atoms with E-state index >= 15 is 0 Å². The highest BCUT2D eigenvalue weighted by Crippen LogP contribution is 2.25. The van der Waals surface area contributed by atoms with E-state index in [9.17, 15) is 0 Å². The molecule has 2 aromatic carbocycles. The van der Waals surface area contributed by atoms with Crippen LogP contribution in [0.1, 0.15) is 6.85 Å². The molecule has 0 aliphatic carbocycles. The third-order valence-corrected chi connectivity index (χ3v) is 5.57. The predicted octanol–water partition coefficient (Wildman–Crippen LogP) is 4.96. The average Bonchev–Trinajstić information content (AvgIpc) is 2.65. The molecule has 22 heavy (non-hydrogen) atoms. The summed E-state index contributed by atoms with van der Waals surface area (Å²) in [5, 5.41) is 0.973. The van der Waals surface area contributed by atoms with Crippen molar-refractivity contribution >= 4 is 13.3 Å². The molecule has 0 aliphatic rings. The molecule has 3 aromatic rings. The molecule has 0 atom stereocenters. The first-order valence-electron chi connectivity index (χ1n) is 9.76. The van der Waals surface area contributed by atoms with E-state index < -0.39 is 8.07 Å². The van der Waals surface area contributed by atoms with Crippen LogP contribution in [-0.2, 0) is 0 Å². The van der Waals surface area contributed by atoms with E-state index in [1.807, 2.05) is 42.6 Å². The van der Waals surface area contributed by atoms with Gasteiger partial charge in [0, 0.05) is 11.8 Å². The number of aromatic nitrogens is 1. The van der Waals surface area contributed by atoms with Crippen LogP contribution in [0.25, 0.3) is 22.4 Å². The molecule has 0 unspecified atom stereocenters. The minimum Gasteiger partial charge on any atom is -0.256 e. The summed E-state index contributed by atoms with van der Waals surface area (Å²) in [5.41, 5.74) is 2.57. The third kappa shape index (κ3) is 3.02. The summed E-state index contributed by atoms with van der Waals surface area (Å²) in [5.74, 6) is 0. The molecule has 0 fully saturated rings. The van der Waals surface area contributed by atoms with Crippen molar-refractivity contribution in [1.82, 2.24) is 4.98 Å². The molecule has 0 aliphatic heterocycles. The van der Waals surface area contributed by atoms with E-state index in [0.29, 0.717) is 5.56 Å². The van der Waals surface area contributed by atoms with Crippen molar-refractivity contribution in [1.29, 1.82) is 0 Å². The smallest absolute Gasteiger partial charge is 0.0804 e. The van der Waals surface area contributed by atoms with Gasteiger partial charge in [-0.2, -0.15) is 0 Å². The van der Waals surface area contributed by atoms with Crippen LogP contribution in [0.15, 0.2) is 72.8 Å². The van der Waals surface area contributed by atoms with Crippen molar-refractivity contribution in [3.05, 3.63) is 72.8 Å². The van der Waals surface area contributed by atoms with Crippen molar-refractivity contribution in [2.75, 3.05) is 0 Å². The maximum absolute atomic E-state index is 8.37. The minimum atomic E-state index is -1.88. The summed E-state index contributed by atoms with van der Waals surface area (Å²) in [6.07, 6.45) is 1.81. The van der Waals surface area contributed by atoms with Gasteiger partial charge in [-0.25, -0.2) is 0 Å². The molecule has 1 nitrogen and oxygen atoms in total. The molecule has 0 bridgehead atoms. The molecular formula is C20H21NSi. The molecule has 2 heteroatoms. The second kappa shape index (κ2) is 5.89. The third-order valence-electron chi connectivity index (χ3n) is 3.55. The average molecular weight is 309 g/mol. The van der Waals surface area contributed by atoms with Gasteiger partial charge in [-0.15, -0.1) is 0 Å². The summed E-state index contributed by atoms with van der Waals surface area (Å²) in [7, 11) is -1.88. The zero-order valence-electron chi connectivity index (χ0n) is 18.0. The monoisotopic (exact) mass is 308 g/mol. The van der Waals surface area contributed by atoms with Crippen LogP contribution in [0.2, 0.25) is 19.6 Å². The first-order valence-corrected chi connectivity index (χ1v) is 10.8. The van der Waals surface area contributed by atoms with Crippen molar-refractivity contribution in [3.63, 3.8) is 0 Å². The SMILES string of the molecule is [2H]c1c([2H])c([2H])c(-c2cc(-c3ccccc3)ncc2[Si](C)(C)C)c([2H])c1[2H]. The normalized spacial score (nSPS) is 14.6. The molecule has 0 N–H and O–H groups in total. The summed E-state index contributed by atoms with van der Waals surface area (Å²) >= 11 is 0. The topological polar surface area (TPSA) is 12.9 Å². The Hall–Kier alpha value is -2.19. The number of pyridine rings is 1. The van der Waals surface area contributed by atoms with E-state index in [1.165, 1.54) is 0 Å². The lowest BCUT2D eigenvalue weighted by molar-refractivity contribution is 1.34. The Kier molecular flexibility index (Phi) is 2.61. The fourth-order valence-corrected chi connectivity index (χ4v) is 3.87. The quantitative estimate of drug-likeness (QED) is 0.623. The lowest BCUT2D eigenvalue weighted by Crippen LogP contribution is -2.39. The van der Waals surface area contributed by atoms with Gasteiger partial charge >= 0.3 is 0 Å². The second-order valence-electron chi connectivity index (χ2n) is 6.23. The molecule has 110 valence electrons. The molecule has 1 heterocycles. The maximum atomic E-state index is 8.37. The van der Waals surface area contributed by atoms with Crippen molar-refractivity contribution in [2.24, 2.45) is 0 Å². The van der Waals surface area contributed by atoms with E-state index in [2.05, 4.69) is 24.6 Å². The lowest BCUT2D eigenvalue weighted by atomic mass is 10.0. The van der Waals surface area contributed by atoms with E-state index in [4.69, 9.17) is 6.85 Å². The molecular weight excluding hydrogens is 282 g/mol. The number of benzene rings is 2. The fourth-order valence-electron chi connectivity index (χ4n) is 2.41. The number of hydrogen-bond donors (Lipinski definition) is 0. The minimum absolute atomic E-state index is 0.175. The standard InChI is InChI=1S/C20H21NSi/c1-22(2,3)20-15-21-19(17-12-8-5-9-13-17)14-18(20)16-10-6-4-7-11-16/h4-15H,1-3H3/i4D,6D,7D,10D,11D. The van der Waals surface area contributed by atoms with Gasteiger partial charge < -0.3 is 0 Å². The van der Waals surface area contributed by atoms with Gasteiger partial charge in [0.2, 0.25) is 0 Å². The highest BCUT2D eigenvalue weighted by molar-refractivity contribution is 6.89. The van der Waals surface area contributed by atoms with Gasteiger partial charge in [0.05, 0.1) is 20.6 Å². The van der Waals surface area contributed by atoms with Crippen LogP contribution in [0.4, 0.5) is 0 Å². The van der Waals surface area contributed by atoms with Gasteiger partial charge in [-0.05, 0) is 22.4 Å². The van der Waals surface area contributed by atoms with E-state index in [0.717, 1.165) is 16.4 Å². The number of hydrogen-bond acceptors (Lipinski definition) is 1.